The van der Waals surface area contributed by atoms with Gasteiger partial charge in [0.15, 0.2) is 5.16 Å². The summed E-state index contributed by atoms with van der Waals surface area (Å²) in [6, 6.07) is 12.3. The van der Waals surface area contributed by atoms with Crippen molar-refractivity contribution in [3.05, 3.63) is 92.0 Å². The highest BCUT2D eigenvalue weighted by Crippen LogP contribution is 2.29. The minimum atomic E-state index is -0.426. The fourth-order valence-electron chi connectivity index (χ4n) is 3.16. The van der Waals surface area contributed by atoms with E-state index in [1.165, 1.54) is 17.8 Å². The number of thioether (sulfide) groups is 1. The SMILES string of the molecule is C=CCn1c(SCc2cc(=O)oc3cc(C)c(Cl)cc23)nc2ccccc2c1=O. The first-order valence-corrected chi connectivity index (χ1v) is 10.3. The molecule has 0 N–H and O–H groups in total. The van der Waals surface area contributed by atoms with Gasteiger partial charge in [-0.05, 0) is 42.3 Å². The molecule has 4 aromatic rings. The molecule has 5 nitrogen and oxygen atoms in total. The number of hydrogen-bond donors (Lipinski definition) is 0. The maximum atomic E-state index is 12.9. The van der Waals surface area contributed by atoms with Gasteiger partial charge in [0.05, 0.1) is 10.9 Å². The van der Waals surface area contributed by atoms with Gasteiger partial charge in [-0.2, -0.15) is 0 Å². The van der Waals surface area contributed by atoms with Gasteiger partial charge in [0.1, 0.15) is 5.58 Å². The summed E-state index contributed by atoms with van der Waals surface area (Å²) in [6.07, 6.45) is 1.66. The van der Waals surface area contributed by atoms with E-state index >= 15 is 0 Å². The molecule has 0 radical (unpaired) electrons. The smallest absolute Gasteiger partial charge is 0.336 e. The summed E-state index contributed by atoms with van der Waals surface area (Å²) in [5, 5.41) is 2.50. The van der Waals surface area contributed by atoms with Gasteiger partial charge in [-0.25, -0.2) is 9.78 Å². The number of hydrogen-bond acceptors (Lipinski definition) is 5. The minimum absolute atomic E-state index is 0.117. The maximum absolute atomic E-state index is 12.9. The van der Waals surface area contributed by atoms with Crippen molar-refractivity contribution in [1.82, 2.24) is 9.55 Å². The number of rotatable bonds is 5. The normalized spacial score (nSPS) is 11.2. The second-order valence-corrected chi connectivity index (χ2v) is 7.94. The molecular formula is C22H17ClN2O3S. The van der Waals surface area contributed by atoms with E-state index in [0.717, 1.165) is 16.5 Å². The van der Waals surface area contributed by atoms with E-state index in [1.807, 2.05) is 25.1 Å². The molecule has 2 heterocycles. The number of nitrogens with zero attached hydrogens (tertiary/aromatic N) is 2. The van der Waals surface area contributed by atoms with E-state index in [1.54, 1.807) is 28.8 Å². The summed E-state index contributed by atoms with van der Waals surface area (Å²) < 4.78 is 6.91. The molecule has 0 aliphatic rings. The average molecular weight is 425 g/mol. The lowest BCUT2D eigenvalue weighted by Crippen LogP contribution is -2.22. The predicted octanol–water partition coefficient (Wildman–Crippen LogP) is 4.94. The molecule has 146 valence electrons. The number of halogens is 1. The highest BCUT2D eigenvalue weighted by molar-refractivity contribution is 7.98. The van der Waals surface area contributed by atoms with Gasteiger partial charge in [-0.1, -0.05) is 41.6 Å². The van der Waals surface area contributed by atoms with Gasteiger partial charge in [-0.3, -0.25) is 9.36 Å². The van der Waals surface area contributed by atoms with Crippen molar-refractivity contribution in [2.75, 3.05) is 0 Å². The Balaban J connectivity index is 1.80. The lowest BCUT2D eigenvalue weighted by atomic mass is 10.1. The number of fused-ring (bicyclic) bond motifs is 2. The number of aryl methyl sites for hydroxylation is 1. The van der Waals surface area contributed by atoms with Crippen molar-refractivity contribution in [1.29, 1.82) is 0 Å². The zero-order valence-corrected chi connectivity index (χ0v) is 17.2. The third kappa shape index (κ3) is 3.73. The molecule has 0 fully saturated rings. The molecule has 0 atom stereocenters. The van der Waals surface area contributed by atoms with Gasteiger partial charge >= 0.3 is 5.63 Å². The van der Waals surface area contributed by atoms with Crippen LogP contribution in [-0.4, -0.2) is 9.55 Å². The molecule has 0 aliphatic heterocycles. The molecule has 2 aromatic heterocycles. The Morgan fingerprint density at radius 3 is 2.79 bits per heavy atom. The first-order valence-electron chi connectivity index (χ1n) is 8.94. The van der Waals surface area contributed by atoms with Gasteiger partial charge in [0.25, 0.3) is 5.56 Å². The Kier molecular flexibility index (Phi) is 5.30. The van der Waals surface area contributed by atoms with Crippen LogP contribution >= 0.6 is 23.4 Å². The zero-order valence-electron chi connectivity index (χ0n) is 15.6. The van der Waals surface area contributed by atoms with Gasteiger partial charge in [-0.15, -0.1) is 6.58 Å². The van der Waals surface area contributed by atoms with Crippen LogP contribution in [0, 0.1) is 6.92 Å². The predicted molar refractivity (Wildman–Crippen MR) is 118 cm³/mol. The van der Waals surface area contributed by atoms with E-state index in [9.17, 15) is 9.59 Å². The lowest BCUT2D eigenvalue weighted by Gasteiger charge is -2.12. The number of para-hydroxylation sites is 1. The summed E-state index contributed by atoms with van der Waals surface area (Å²) in [7, 11) is 0. The molecule has 29 heavy (non-hydrogen) atoms. The molecule has 2 aromatic carbocycles. The van der Waals surface area contributed by atoms with Gasteiger partial charge in [0, 0.05) is 28.8 Å². The topological polar surface area (TPSA) is 65.1 Å². The quantitative estimate of drug-likeness (QED) is 0.196. The van der Waals surface area contributed by atoms with Crippen molar-refractivity contribution in [2.24, 2.45) is 0 Å². The number of benzene rings is 2. The van der Waals surface area contributed by atoms with Crippen LogP contribution in [0.5, 0.6) is 0 Å². The van der Waals surface area contributed by atoms with E-state index in [-0.39, 0.29) is 5.56 Å². The van der Waals surface area contributed by atoms with Crippen LogP contribution < -0.4 is 11.2 Å². The van der Waals surface area contributed by atoms with Crippen LogP contribution in [0.1, 0.15) is 11.1 Å². The molecule has 7 heteroatoms. The standard InChI is InChI=1S/C22H17ClN2O3S/c1-3-8-25-21(27)15-6-4-5-7-18(15)24-22(25)29-12-14-10-20(26)28-19-9-13(2)17(23)11-16(14)19/h3-7,9-11H,1,8,12H2,2H3. The van der Waals surface area contributed by atoms with Crippen LogP contribution in [-0.2, 0) is 12.3 Å². The molecule has 0 unspecified atom stereocenters. The Labute approximate surface area is 175 Å². The second-order valence-electron chi connectivity index (χ2n) is 6.59. The molecular weight excluding hydrogens is 408 g/mol. The van der Waals surface area contributed by atoms with Crippen molar-refractivity contribution in [3.8, 4) is 0 Å². The number of aromatic nitrogens is 2. The van der Waals surface area contributed by atoms with Gasteiger partial charge < -0.3 is 4.42 Å². The number of allylic oxidation sites excluding steroid dienone is 1. The Hall–Kier alpha value is -2.83. The summed E-state index contributed by atoms with van der Waals surface area (Å²) in [5.41, 5.74) is 2.19. The van der Waals surface area contributed by atoms with Crippen molar-refractivity contribution < 1.29 is 4.42 Å². The molecule has 4 rings (SSSR count). The van der Waals surface area contributed by atoms with Crippen molar-refractivity contribution in [3.63, 3.8) is 0 Å². The van der Waals surface area contributed by atoms with Crippen LogP contribution in [0.3, 0.4) is 0 Å². The maximum Gasteiger partial charge on any atom is 0.336 e. The first-order chi connectivity index (χ1) is 14.0. The van der Waals surface area contributed by atoms with E-state index < -0.39 is 5.63 Å². The molecule has 0 bridgehead atoms. The van der Waals surface area contributed by atoms with Crippen LogP contribution in [0.2, 0.25) is 5.02 Å². The summed E-state index contributed by atoms with van der Waals surface area (Å²) in [6.45, 7) is 5.95. The molecule has 0 aliphatic carbocycles. The molecule has 0 amide bonds. The van der Waals surface area contributed by atoms with Crippen LogP contribution in [0.15, 0.2) is 74.3 Å². The second kappa shape index (κ2) is 7.89. The third-order valence-corrected chi connectivity index (χ3v) is 6.04. The fourth-order valence-corrected chi connectivity index (χ4v) is 4.32. The van der Waals surface area contributed by atoms with Crippen LogP contribution in [0.4, 0.5) is 0 Å². The third-order valence-electron chi connectivity index (χ3n) is 4.60. The Morgan fingerprint density at radius 1 is 1.21 bits per heavy atom. The van der Waals surface area contributed by atoms with Crippen LogP contribution in [0.25, 0.3) is 21.9 Å². The Morgan fingerprint density at radius 2 is 2.00 bits per heavy atom. The molecule has 0 saturated heterocycles. The lowest BCUT2D eigenvalue weighted by molar-refractivity contribution is 0.559. The minimum Gasteiger partial charge on any atom is -0.423 e. The van der Waals surface area contributed by atoms with Crippen molar-refractivity contribution >= 4 is 45.2 Å². The summed E-state index contributed by atoms with van der Waals surface area (Å²) >= 11 is 7.66. The monoisotopic (exact) mass is 424 g/mol. The zero-order chi connectivity index (χ0) is 20.5. The average Bonchev–Trinajstić information content (AvgIpc) is 2.70. The van der Waals surface area contributed by atoms with E-state index in [0.29, 0.717) is 39.0 Å². The largest absolute Gasteiger partial charge is 0.423 e. The van der Waals surface area contributed by atoms with E-state index in [2.05, 4.69) is 11.6 Å². The van der Waals surface area contributed by atoms with E-state index in [4.69, 9.17) is 16.0 Å². The Bertz CT molecular complexity index is 1370. The summed E-state index contributed by atoms with van der Waals surface area (Å²) in [4.78, 5) is 29.6. The van der Waals surface area contributed by atoms with Crippen molar-refractivity contribution in [2.45, 2.75) is 24.4 Å². The van der Waals surface area contributed by atoms with Gasteiger partial charge in [0.2, 0.25) is 0 Å². The first kappa shape index (κ1) is 19.5. The fraction of sp³-hybridized carbons (Fsp3) is 0.136. The molecule has 0 spiro atoms. The summed E-state index contributed by atoms with van der Waals surface area (Å²) in [5.74, 6) is 0.434. The molecule has 0 saturated carbocycles. The highest BCUT2D eigenvalue weighted by Gasteiger charge is 2.13. The highest BCUT2D eigenvalue weighted by atomic mass is 35.5.